The minimum atomic E-state index is -1.52. The van der Waals surface area contributed by atoms with Crippen molar-refractivity contribution < 1.29 is 8.23 Å². The van der Waals surface area contributed by atoms with Crippen LogP contribution in [-0.4, -0.2) is 36.2 Å². The topological polar surface area (TPSA) is 18.5 Å². The van der Waals surface area contributed by atoms with Crippen LogP contribution in [0.3, 0.4) is 0 Å². The third-order valence-electron chi connectivity index (χ3n) is 2.34. The van der Waals surface area contributed by atoms with Crippen molar-refractivity contribution in [2.45, 2.75) is 58.3 Å². The molecule has 0 N–H and O–H groups in total. The third-order valence-corrected chi connectivity index (χ3v) is 12.7. The lowest BCUT2D eigenvalue weighted by Gasteiger charge is -2.25. The van der Waals surface area contributed by atoms with E-state index in [4.69, 9.17) is 8.23 Å². The summed E-state index contributed by atoms with van der Waals surface area (Å²) in [6, 6.07) is 1.02. The van der Waals surface area contributed by atoms with Gasteiger partial charge in [-0.05, 0) is 50.4 Å². The summed E-state index contributed by atoms with van der Waals surface area (Å²) in [4.78, 5) is 0. The maximum atomic E-state index is 6.11. The Bertz CT molecular complexity index is 259. The van der Waals surface area contributed by atoms with E-state index in [1.807, 2.05) is 0 Å². The van der Waals surface area contributed by atoms with Crippen molar-refractivity contribution >= 4 is 36.2 Å². The van der Waals surface area contributed by atoms with Gasteiger partial charge in [-0.3, -0.25) is 0 Å². The molecule has 0 aliphatic heterocycles. The molecular weight excluding hydrogens is 288 g/mol. The lowest BCUT2D eigenvalue weighted by atomic mass is 10.1. The fraction of sp³-hybridized carbons (Fsp3) is 0.833. The summed E-state index contributed by atoms with van der Waals surface area (Å²) in [5.74, 6) is 0.572. The molecule has 0 bridgehead atoms. The Balaban J connectivity index is 3.83. The van der Waals surface area contributed by atoms with Gasteiger partial charge >= 0.3 is 0 Å². The van der Waals surface area contributed by atoms with Gasteiger partial charge in [-0.1, -0.05) is 26.0 Å². The van der Waals surface area contributed by atoms with Gasteiger partial charge in [-0.2, -0.15) is 0 Å². The van der Waals surface area contributed by atoms with Crippen molar-refractivity contribution in [3.8, 4) is 0 Å². The molecule has 0 heterocycles. The van der Waals surface area contributed by atoms with E-state index in [0.29, 0.717) is 25.4 Å². The van der Waals surface area contributed by atoms with Crippen LogP contribution in [0.5, 0.6) is 0 Å². The maximum absolute atomic E-state index is 6.11. The standard InChI is InChI=1S/C12H28O2Si4/c1-11(2)12(3)9-15-14-18(7,8)10-16-13-17(4,5)6/h11H,3,9-10H2,1-2,4-8H3. The Morgan fingerprint density at radius 2 is 1.61 bits per heavy atom. The zero-order valence-electron chi connectivity index (χ0n) is 13.0. The molecule has 0 spiro atoms. The minimum Gasteiger partial charge on any atom is -0.456 e. The molecule has 6 heteroatoms. The van der Waals surface area contributed by atoms with Gasteiger partial charge in [0.25, 0.3) is 0 Å². The molecule has 0 atom stereocenters. The second-order valence-corrected chi connectivity index (χ2v) is 18.3. The molecule has 0 amide bonds. The predicted octanol–water partition coefficient (Wildman–Crippen LogP) is 3.89. The fourth-order valence-corrected chi connectivity index (χ4v) is 8.43. The smallest absolute Gasteiger partial charge is 0.219 e. The van der Waals surface area contributed by atoms with E-state index < -0.39 is 16.6 Å². The van der Waals surface area contributed by atoms with Crippen LogP contribution in [0.4, 0.5) is 0 Å². The minimum absolute atomic E-state index is 0.572. The summed E-state index contributed by atoms with van der Waals surface area (Å²) in [6.07, 6.45) is 0. The van der Waals surface area contributed by atoms with Crippen molar-refractivity contribution in [3.63, 3.8) is 0 Å². The Kier molecular flexibility index (Phi) is 8.19. The SMILES string of the molecule is C=C(C[Si]O[Si](C)(C)C[Si]O[Si](C)(C)C)C(C)C. The van der Waals surface area contributed by atoms with Gasteiger partial charge in [0.2, 0.25) is 19.5 Å². The van der Waals surface area contributed by atoms with E-state index >= 15 is 0 Å². The van der Waals surface area contributed by atoms with Crippen LogP contribution >= 0.6 is 0 Å². The first-order valence-electron chi connectivity index (χ1n) is 6.53. The van der Waals surface area contributed by atoms with Crippen molar-refractivity contribution in [2.75, 3.05) is 0 Å². The zero-order valence-corrected chi connectivity index (χ0v) is 17.0. The molecular formula is C12H28O2Si4. The Morgan fingerprint density at radius 1 is 1.06 bits per heavy atom. The van der Waals surface area contributed by atoms with Crippen LogP contribution in [0, 0.1) is 5.92 Å². The molecule has 0 rings (SSSR count). The summed E-state index contributed by atoms with van der Waals surface area (Å²) in [7, 11) is -1.68. The van der Waals surface area contributed by atoms with Crippen LogP contribution in [-0.2, 0) is 8.23 Å². The average Bonchev–Trinajstić information content (AvgIpc) is 2.14. The predicted molar refractivity (Wildman–Crippen MR) is 88.1 cm³/mol. The summed E-state index contributed by atoms with van der Waals surface area (Å²) in [6.45, 7) is 19.8. The summed E-state index contributed by atoms with van der Waals surface area (Å²) in [5.41, 5.74) is 2.43. The van der Waals surface area contributed by atoms with Gasteiger partial charge in [0.1, 0.15) is 0 Å². The molecule has 18 heavy (non-hydrogen) atoms. The Hall–Kier alpha value is 0.528. The zero-order chi connectivity index (χ0) is 14.4. The molecule has 4 radical (unpaired) electrons. The van der Waals surface area contributed by atoms with Gasteiger partial charge < -0.3 is 8.23 Å². The highest BCUT2D eigenvalue weighted by atomic mass is 28.4. The molecule has 0 fully saturated rings. The molecule has 0 aliphatic rings. The summed E-state index contributed by atoms with van der Waals surface area (Å²) in [5, 5.41) is 0. The first kappa shape index (κ1) is 18.5. The Morgan fingerprint density at radius 3 is 2.06 bits per heavy atom. The summed E-state index contributed by atoms with van der Waals surface area (Å²) >= 11 is 0. The van der Waals surface area contributed by atoms with Crippen LogP contribution in [0.15, 0.2) is 12.2 Å². The highest BCUT2D eigenvalue weighted by molar-refractivity contribution is 6.83. The van der Waals surface area contributed by atoms with E-state index in [1.165, 1.54) is 5.57 Å². The van der Waals surface area contributed by atoms with Gasteiger partial charge in [-0.25, -0.2) is 0 Å². The van der Waals surface area contributed by atoms with E-state index in [-0.39, 0.29) is 0 Å². The monoisotopic (exact) mass is 316 g/mol. The molecule has 0 aromatic heterocycles. The highest BCUT2D eigenvalue weighted by Gasteiger charge is 2.25. The third kappa shape index (κ3) is 10.5. The maximum Gasteiger partial charge on any atom is 0.219 e. The second kappa shape index (κ2) is 7.96. The van der Waals surface area contributed by atoms with Crippen molar-refractivity contribution in [1.29, 1.82) is 0 Å². The molecule has 0 aromatic carbocycles. The van der Waals surface area contributed by atoms with Gasteiger partial charge in [0.15, 0.2) is 16.6 Å². The lowest BCUT2D eigenvalue weighted by Crippen LogP contribution is -2.37. The number of hydrogen-bond donors (Lipinski definition) is 0. The largest absolute Gasteiger partial charge is 0.456 e. The first-order valence-corrected chi connectivity index (χ1v) is 15.3. The van der Waals surface area contributed by atoms with Crippen molar-refractivity contribution in [3.05, 3.63) is 12.2 Å². The quantitative estimate of drug-likeness (QED) is 0.474. The molecule has 0 saturated carbocycles. The van der Waals surface area contributed by atoms with Crippen LogP contribution < -0.4 is 0 Å². The number of allylic oxidation sites excluding steroid dienone is 1. The van der Waals surface area contributed by atoms with Crippen LogP contribution in [0.1, 0.15) is 13.8 Å². The Labute approximate surface area is 121 Å². The first-order chi connectivity index (χ1) is 8.03. The fourth-order valence-electron chi connectivity index (χ4n) is 0.991. The molecule has 104 valence electrons. The van der Waals surface area contributed by atoms with E-state index in [9.17, 15) is 0 Å². The lowest BCUT2D eigenvalue weighted by molar-refractivity contribution is 0.574. The van der Waals surface area contributed by atoms with E-state index in [2.05, 4.69) is 53.2 Å². The normalized spacial score (nSPS) is 13.1. The van der Waals surface area contributed by atoms with E-state index in [1.54, 1.807) is 0 Å². The second-order valence-electron chi connectivity index (χ2n) is 6.53. The average molecular weight is 317 g/mol. The molecule has 2 nitrogen and oxygen atoms in total. The number of hydrogen-bond acceptors (Lipinski definition) is 2. The van der Waals surface area contributed by atoms with Crippen LogP contribution in [0.2, 0.25) is 44.4 Å². The van der Waals surface area contributed by atoms with Gasteiger partial charge in [-0.15, -0.1) is 0 Å². The van der Waals surface area contributed by atoms with Crippen molar-refractivity contribution in [2.24, 2.45) is 5.92 Å². The molecule has 0 saturated heterocycles. The van der Waals surface area contributed by atoms with Gasteiger partial charge in [0, 0.05) is 0 Å². The van der Waals surface area contributed by atoms with Gasteiger partial charge in [0.05, 0.1) is 0 Å². The highest BCUT2D eigenvalue weighted by Crippen LogP contribution is 2.15. The number of rotatable bonds is 9. The van der Waals surface area contributed by atoms with Crippen molar-refractivity contribution in [1.82, 2.24) is 0 Å². The molecule has 0 aromatic rings. The van der Waals surface area contributed by atoms with Crippen LogP contribution in [0.25, 0.3) is 0 Å². The molecule has 0 unspecified atom stereocenters. The van der Waals surface area contributed by atoms with E-state index in [0.717, 1.165) is 11.7 Å². The summed E-state index contributed by atoms with van der Waals surface area (Å²) < 4.78 is 12.1. The molecule has 0 aliphatic carbocycles.